The molecule has 0 aromatic heterocycles. The zero-order valence-electron chi connectivity index (χ0n) is 13.2. The van der Waals surface area contributed by atoms with Gasteiger partial charge in [0.05, 0.1) is 0 Å². The van der Waals surface area contributed by atoms with Crippen LogP contribution in [0.2, 0.25) is 5.02 Å². The van der Waals surface area contributed by atoms with Crippen molar-refractivity contribution < 1.29 is 4.74 Å². The van der Waals surface area contributed by atoms with Crippen LogP contribution < -0.4 is 10.1 Å². The van der Waals surface area contributed by atoms with Gasteiger partial charge < -0.3 is 10.1 Å². The van der Waals surface area contributed by atoms with E-state index in [0.717, 1.165) is 55.4 Å². The minimum atomic E-state index is -0.0428. The Bertz CT molecular complexity index is 522. The van der Waals surface area contributed by atoms with E-state index >= 15 is 0 Å². The van der Waals surface area contributed by atoms with E-state index in [1.165, 1.54) is 5.56 Å². The monoisotopic (exact) mass is 308 g/mol. The van der Waals surface area contributed by atoms with Crippen LogP contribution in [-0.2, 0) is 0 Å². The second-order valence-electron chi connectivity index (χ2n) is 6.29. The Morgan fingerprint density at radius 1 is 1.38 bits per heavy atom. The van der Waals surface area contributed by atoms with Gasteiger partial charge in [0.25, 0.3) is 0 Å². The largest absolute Gasteiger partial charge is 0.485 e. The summed E-state index contributed by atoms with van der Waals surface area (Å²) < 4.78 is 6.49. The molecule has 116 valence electrons. The molecular formula is C17H25ClN2O. The molecule has 0 aliphatic carbocycles. The topological polar surface area (TPSA) is 24.5 Å². The lowest BCUT2D eigenvalue weighted by molar-refractivity contribution is 0.0187. The second kappa shape index (κ2) is 5.79. The van der Waals surface area contributed by atoms with Crippen molar-refractivity contribution in [2.24, 2.45) is 0 Å². The third kappa shape index (κ3) is 2.67. The van der Waals surface area contributed by atoms with Crippen molar-refractivity contribution >= 4 is 11.6 Å². The van der Waals surface area contributed by atoms with E-state index in [-0.39, 0.29) is 5.60 Å². The molecule has 2 heterocycles. The fourth-order valence-electron chi connectivity index (χ4n) is 3.84. The highest BCUT2D eigenvalue weighted by atomic mass is 35.5. The number of nitrogens with one attached hydrogen (secondary N) is 1. The maximum atomic E-state index is 6.49. The molecule has 1 saturated heterocycles. The van der Waals surface area contributed by atoms with Crippen molar-refractivity contribution in [2.75, 3.05) is 26.2 Å². The van der Waals surface area contributed by atoms with Gasteiger partial charge in [-0.15, -0.1) is 0 Å². The van der Waals surface area contributed by atoms with Gasteiger partial charge in [-0.05, 0) is 44.3 Å². The Morgan fingerprint density at radius 3 is 2.76 bits per heavy atom. The average Bonchev–Trinajstić information content (AvgIpc) is 2.90. The number of ether oxygens (including phenoxy) is 1. The Kier molecular flexibility index (Phi) is 4.17. The van der Waals surface area contributed by atoms with Crippen molar-refractivity contribution in [1.82, 2.24) is 10.2 Å². The summed E-state index contributed by atoms with van der Waals surface area (Å²) in [6.45, 7) is 10.7. The van der Waals surface area contributed by atoms with Gasteiger partial charge in [0, 0.05) is 36.0 Å². The van der Waals surface area contributed by atoms with Gasteiger partial charge in [0.15, 0.2) is 0 Å². The summed E-state index contributed by atoms with van der Waals surface area (Å²) in [6, 6.07) is 4.52. The van der Waals surface area contributed by atoms with E-state index in [4.69, 9.17) is 16.3 Å². The SMILES string of the molecule is CCN(CC)C1CC2(CCNC2)Oc2c(C)cc(Cl)cc21. The van der Waals surface area contributed by atoms with Gasteiger partial charge in [-0.3, -0.25) is 4.90 Å². The number of hydrogen-bond donors (Lipinski definition) is 1. The highest BCUT2D eigenvalue weighted by Gasteiger charge is 2.45. The van der Waals surface area contributed by atoms with Gasteiger partial charge >= 0.3 is 0 Å². The molecule has 3 rings (SSSR count). The molecule has 1 N–H and O–H groups in total. The molecule has 2 aliphatic heterocycles. The lowest BCUT2D eigenvalue weighted by Crippen LogP contribution is -2.47. The Morgan fingerprint density at radius 2 is 2.14 bits per heavy atom. The standard InChI is InChI=1S/C17H25ClN2O/c1-4-20(5-2)15-10-17(6-7-19-11-17)21-16-12(3)8-13(18)9-14(15)16/h8-9,15,19H,4-7,10-11H2,1-3H3. The summed E-state index contributed by atoms with van der Waals surface area (Å²) in [5, 5.41) is 4.28. The van der Waals surface area contributed by atoms with Crippen LogP contribution >= 0.6 is 11.6 Å². The minimum Gasteiger partial charge on any atom is -0.485 e. The Hall–Kier alpha value is -0.770. The van der Waals surface area contributed by atoms with Crippen LogP contribution in [0.15, 0.2) is 12.1 Å². The Balaban J connectivity index is 2.07. The van der Waals surface area contributed by atoms with Gasteiger partial charge in [-0.1, -0.05) is 25.4 Å². The predicted molar refractivity (Wildman–Crippen MR) is 87.3 cm³/mol. The van der Waals surface area contributed by atoms with E-state index in [1.54, 1.807) is 0 Å². The molecule has 1 aromatic carbocycles. The highest BCUT2D eigenvalue weighted by molar-refractivity contribution is 6.30. The quantitative estimate of drug-likeness (QED) is 0.924. The number of benzene rings is 1. The summed E-state index contributed by atoms with van der Waals surface area (Å²) >= 11 is 6.30. The zero-order chi connectivity index (χ0) is 15.0. The number of rotatable bonds is 3. The van der Waals surface area contributed by atoms with Crippen LogP contribution in [0.1, 0.15) is 43.9 Å². The fourth-order valence-corrected chi connectivity index (χ4v) is 4.12. The molecular weight excluding hydrogens is 284 g/mol. The molecule has 21 heavy (non-hydrogen) atoms. The summed E-state index contributed by atoms with van der Waals surface area (Å²) in [5.41, 5.74) is 2.38. The van der Waals surface area contributed by atoms with Gasteiger partial charge in [0.2, 0.25) is 0 Å². The predicted octanol–water partition coefficient (Wildman–Crippen LogP) is 3.55. The number of aryl methyl sites for hydroxylation is 1. The van der Waals surface area contributed by atoms with Crippen LogP contribution in [0, 0.1) is 6.92 Å². The summed E-state index contributed by atoms with van der Waals surface area (Å²) in [7, 11) is 0. The molecule has 4 heteroatoms. The number of fused-ring (bicyclic) bond motifs is 1. The molecule has 0 saturated carbocycles. The molecule has 2 unspecified atom stereocenters. The number of hydrogen-bond acceptors (Lipinski definition) is 3. The number of nitrogens with zero attached hydrogens (tertiary/aromatic N) is 1. The Labute approximate surface area is 132 Å². The first-order valence-corrected chi connectivity index (χ1v) is 8.40. The first kappa shape index (κ1) is 15.1. The fraction of sp³-hybridized carbons (Fsp3) is 0.647. The van der Waals surface area contributed by atoms with Crippen molar-refractivity contribution in [3.05, 3.63) is 28.3 Å². The normalized spacial score (nSPS) is 28.0. The molecule has 0 radical (unpaired) electrons. The summed E-state index contributed by atoms with van der Waals surface area (Å²) in [4.78, 5) is 2.52. The smallest absolute Gasteiger partial charge is 0.128 e. The van der Waals surface area contributed by atoms with E-state index in [2.05, 4.69) is 37.1 Å². The van der Waals surface area contributed by atoms with Crippen molar-refractivity contribution in [1.29, 1.82) is 0 Å². The van der Waals surface area contributed by atoms with E-state index in [1.807, 2.05) is 6.07 Å². The van der Waals surface area contributed by atoms with Crippen LogP contribution in [0.5, 0.6) is 5.75 Å². The van der Waals surface area contributed by atoms with Crippen LogP contribution in [0.3, 0.4) is 0 Å². The van der Waals surface area contributed by atoms with Gasteiger partial charge in [-0.2, -0.15) is 0 Å². The third-order valence-corrected chi connectivity index (χ3v) is 5.19. The lowest BCUT2D eigenvalue weighted by atomic mass is 9.84. The van der Waals surface area contributed by atoms with Crippen molar-refractivity contribution in [3.8, 4) is 5.75 Å². The second-order valence-corrected chi connectivity index (χ2v) is 6.73. The molecule has 1 fully saturated rings. The molecule has 1 spiro atoms. The van der Waals surface area contributed by atoms with Crippen LogP contribution in [0.25, 0.3) is 0 Å². The summed E-state index contributed by atoms with van der Waals surface area (Å²) in [6.07, 6.45) is 2.14. The van der Waals surface area contributed by atoms with Gasteiger partial charge in [-0.25, -0.2) is 0 Å². The van der Waals surface area contributed by atoms with E-state index in [9.17, 15) is 0 Å². The average molecular weight is 309 g/mol. The van der Waals surface area contributed by atoms with Crippen molar-refractivity contribution in [3.63, 3.8) is 0 Å². The molecule has 0 bridgehead atoms. The highest BCUT2D eigenvalue weighted by Crippen LogP contribution is 2.47. The first-order valence-electron chi connectivity index (χ1n) is 8.02. The molecule has 0 amide bonds. The molecule has 2 aliphatic rings. The zero-order valence-corrected chi connectivity index (χ0v) is 14.0. The van der Waals surface area contributed by atoms with Crippen LogP contribution in [0.4, 0.5) is 0 Å². The minimum absolute atomic E-state index is 0.0428. The van der Waals surface area contributed by atoms with E-state index in [0.29, 0.717) is 6.04 Å². The molecule has 3 nitrogen and oxygen atoms in total. The maximum Gasteiger partial charge on any atom is 0.128 e. The maximum absolute atomic E-state index is 6.49. The molecule has 2 atom stereocenters. The number of halogens is 1. The molecule has 1 aromatic rings. The summed E-state index contributed by atoms with van der Waals surface area (Å²) in [5.74, 6) is 1.06. The van der Waals surface area contributed by atoms with E-state index < -0.39 is 0 Å². The van der Waals surface area contributed by atoms with Crippen molar-refractivity contribution in [2.45, 2.75) is 45.3 Å². The van der Waals surface area contributed by atoms with Gasteiger partial charge in [0.1, 0.15) is 11.4 Å². The van der Waals surface area contributed by atoms with Crippen LogP contribution in [-0.4, -0.2) is 36.7 Å². The lowest BCUT2D eigenvalue weighted by Gasteiger charge is -2.44. The third-order valence-electron chi connectivity index (χ3n) is 4.97. The first-order chi connectivity index (χ1) is 10.1.